The Bertz CT molecular complexity index is 1260. The number of methoxy groups -OCH3 is 1. The van der Waals surface area contributed by atoms with E-state index in [0.29, 0.717) is 28.5 Å². The molecule has 0 aliphatic carbocycles. The molecular weight excluding hydrogens is 500 g/mol. The first kappa shape index (κ1) is 23.5. The van der Waals surface area contributed by atoms with Gasteiger partial charge in [-0.2, -0.15) is 5.26 Å². The van der Waals surface area contributed by atoms with E-state index in [4.69, 9.17) is 14.2 Å². The van der Waals surface area contributed by atoms with Crippen LogP contribution in [0.1, 0.15) is 36.5 Å². The molecule has 2 heterocycles. The Morgan fingerprint density at radius 3 is 2.85 bits per heavy atom. The third-order valence-electron chi connectivity index (χ3n) is 5.35. The summed E-state index contributed by atoms with van der Waals surface area (Å²) < 4.78 is 19.2. The maximum atomic E-state index is 12.3. The lowest BCUT2D eigenvalue weighted by atomic mass is 10.1. The number of nitriles is 1. The summed E-state index contributed by atoms with van der Waals surface area (Å²) in [7, 11) is 1.49. The van der Waals surface area contributed by atoms with Gasteiger partial charge in [-0.1, -0.05) is 34.5 Å². The van der Waals surface area contributed by atoms with E-state index < -0.39 is 5.97 Å². The van der Waals surface area contributed by atoms with Crippen LogP contribution in [0.5, 0.6) is 17.2 Å². The van der Waals surface area contributed by atoms with Gasteiger partial charge in [0.2, 0.25) is 0 Å². The smallest absolute Gasteiger partial charge is 0.349 e. The van der Waals surface area contributed by atoms with Gasteiger partial charge in [-0.05, 0) is 54.8 Å². The molecule has 0 saturated carbocycles. The fourth-order valence-corrected chi connectivity index (χ4v) is 4.09. The van der Waals surface area contributed by atoms with Crippen LogP contribution in [0.4, 0.5) is 0 Å². The van der Waals surface area contributed by atoms with E-state index in [1.165, 1.54) is 7.11 Å². The van der Waals surface area contributed by atoms with Gasteiger partial charge in [-0.25, -0.2) is 4.79 Å². The maximum absolute atomic E-state index is 12.3. The SMILES string of the molecule is COc1cc(C=C(C#N)c2nnc3n2CCCCC3)ccc1OC(=O)COc1cccc(Br)c1. The molecule has 34 heavy (non-hydrogen) atoms. The number of benzene rings is 2. The first-order chi connectivity index (χ1) is 16.6. The fourth-order valence-electron chi connectivity index (χ4n) is 3.71. The monoisotopic (exact) mass is 522 g/mol. The molecule has 0 spiro atoms. The van der Waals surface area contributed by atoms with Crippen LogP contribution in [0.3, 0.4) is 0 Å². The highest BCUT2D eigenvalue weighted by Gasteiger charge is 2.18. The van der Waals surface area contributed by atoms with Crippen molar-refractivity contribution in [3.63, 3.8) is 0 Å². The molecule has 1 aliphatic rings. The molecule has 0 N–H and O–H groups in total. The summed E-state index contributed by atoms with van der Waals surface area (Å²) in [6, 6.07) is 14.5. The Morgan fingerprint density at radius 2 is 2.06 bits per heavy atom. The van der Waals surface area contributed by atoms with E-state index in [1.807, 2.05) is 16.7 Å². The Kier molecular flexibility index (Phi) is 7.60. The highest BCUT2D eigenvalue weighted by atomic mass is 79.9. The number of aryl methyl sites for hydroxylation is 1. The van der Waals surface area contributed by atoms with Crippen molar-refractivity contribution in [2.24, 2.45) is 0 Å². The molecule has 2 aromatic carbocycles. The molecule has 1 aromatic heterocycles. The van der Waals surface area contributed by atoms with Gasteiger partial charge >= 0.3 is 5.97 Å². The molecule has 0 saturated heterocycles. The summed E-state index contributed by atoms with van der Waals surface area (Å²) in [5.41, 5.74) is 1.12. The standard InChI is InChI=1S/C25H23BrN4O4/c1-32-22-13-17(12-18(15-27)25-29-28-23-8-3-2-4-11-30(23)25)9-10-21(22)34-24(31)16-33-20-7-5-6-19(26)14-20/h5-7,9-10,12-14H,2-4,8,11,16H2,1H3. The van der Waals surface area contributed by atoms with Crippen molar-refractivity contribution in [2.75, 3.05) is 13.7 Å². The van der Waals surface area contributed by atoms with Crippen molar-refractivity contribution in [3.8, 4) is 23.3 Å². The van der Waals surface area contributed by atoms with Crippen molar-refractivity contribution < 1.29 is 19.0 Å². The Balaban J connectivity index is 1.49. The summed E-state index contributed by atoms with van der Waals surface area (Å²) in [6.45, 7) is 0.550. The molecule has 8 nitrogen and oxygen atoms in total. The largest absolute Gasteiger partial charge is 0.493 e. The third-order valence-corrected chi connectivity index (χ3v) is 5.84. The Labute approximate surface area is 205 Å². The Hall–Kier alpha value is -3.64. The number of nitrogens with zero attached hydrogens (tertiary/aromatic N) is 4. The topological polar surface area (TPSA) is 99.3 Å². The predicted molar refractivity (Wildman–Crippen MR) is 129 cm³/mol. The second-order valence-electron chi connectivity index (χ2n) is 7.70. The normalized spacial score (nSPS) is 13.4. The minimum Gasteiger partial charge on any atom is -0.493 e. The molecule has 9 heteroatoms. The maximum Gasteiger partial charge on any atom is 0.349 e. The highest BCUT2D eigenvalue weighted by Crippen LogP contribution is 2.30. The van der Waals surface area contributed by atoms with Crippen LogP contribution in [-0.2, 0) is 17.8 Å². The molecule has 0 unspecified atom stereocenters. The quantitative estimate of drug-likeness (QED) is 0.249. The number of halogens is 1. The molecule has 3 aromatic rings. The van der Waals surface area contributed by atoms with E-state index in [9.17, 15) is 10.1 Å². The van der Waals surface area contributed by atoms with E-state index in [-0.39, 0.29) is 12.4 Å². The third kappa shape index (κ3) is 5.64. The van der Waals surface area contributed by atoms with E-state index in [1.54, 1.807) is 36.4 Å². The zero-order chi connectivity index (χ0) is 23.9. The average molecular weight is 523 g/mol. The zero-order valence-electron chi connectivity index (χ0n) is 18.7. The molecule has 0 atom stereocenters. The Morgan fingerprint density at radius 1 is 1.18 bits per heavy atom. The molecule has 4 rings (SSSR count). The lowest BCUT2D eigenvalue weighted by Gasteiger charge is -2.11. The molecule has 0 fully saturated rings. The van der Waals surface area contributed by atoms with Crippen LogP contribution in [0.25, 0.3) is 11.6 Å². The number of hydrogen-bond acceptors (Lipinski definition) is 7. The van der Waals surface area contributed by atoms with Gasteiger partial charge in [0.15, 0.2) is 23.9 Å². The summed E-state index contributed by atoms with van der Waals surface area (Å²) in [6.07, 6.45) is 5.85. The van der Waals surface area contributed by atoms with Crippen molar-refractivity contribution in [2.45, 2.75) is 32.2 Å². The molecule has 174 valence electrons. The molecule has 0 amide bonds. The lowest BCUT2D eigenvalue weighted by molar-refractivity contribution is -0.136. The minimum atomic E-state index is -0.564. The van der Waals surface area contributed by atoms with Crippen LogP contribution in [0, 0.1) is 11.3 Å². The number of allylic oxidation sites excluding steroid dienone is 1. The first-order valence-electron chi connectivity index (χ1n) is 10.9. The number of aromatic nitrogens is 3. The summed E-state index contributed by atoms with van der Waals surface area (Å²) in [4.78, 5) is 12.3. The minimum absolute atomic E-state index is 0.252. The molecule has 0 radical (unpaired) electrons. The van der Waals surface area contributed by atoms with Gasteiger partial charge in [0, 0.05) is 17.4 Å². The van der Waals surface area contributed by atoms with Crippen LogP contribution < -0.4 is 14.2 Å². The van der Waals surface area contributed by atoms with Gasteiger partial charge in [0.05, 0.1) is 12.7 Å². The predicted octanol–water partition coefficient (Wildman–Crippen LogP) is 4.82. The van der Waals surface area contributed by atoms with Crippen LogP contribution in [-0.4, -0.2) is 34.5 Å². The van der Waals surface area contributed by atoms with Crippen molar-refractivity contribution >= 4 is 33.5 Å². The van der Waals surface area contributed by atoms with Gasteiger partial charge in [0.25, 0.3) is 0 Å². The van der Waals surface area contributed by atoms with Crippen LogP contribution in [0.15, 0.2) is 46.9 Å². The highest BCUT2D eigenvalue weighted by molar-refractivity contribution is 9.10. The number of hydrogen-bond donors (Lipinski definition) is 0. The number of rotatable bonds is 7. The van der Waals surface area contributed by atoms with E-state index >= 15 is 0 Å². The van der Waals surface area contributed by atoms with Crippen molar-refractivity contribution in [1.82, 2.24) is 14.8 Å². The summed E-state index contributed by atoms with van der Waals surface area (Å²) in [5.74, 6) is 2.09. The molecule has 1 aliphatic heterocycles. The van der Waals surface area contributed by atoms with Gasteiger partial charge in [-0.15, -0.1) is 10.2 Å². The summed E-state index contributed by atoms with van der Waals surface area (Å²) >= 11 is 3.36. The molecular formula is C25H23BrN4O4. The second kappa shape index (κ2) is 11.0. The number of esters is 1. The van der Waals surface area contributed by atoms with E-state index in [0.717, 1.165) is 42.5 Å². The number of ether oxygens (including phenoxy) is 3. The number of fused-ring (bicyclic) bond motifs is 1. The van der Waals surface area contributed by atoms with Gasteiger partial charge in [-0.3, -0.25) is 0 Å². The first-order valence-corrected chi connectivity index (χ1v) is 11.7. The van der Waals surface area contributed by atoms with Gasteiger partial charge < -0.3 is 18.8 Å². The van der Waals surface area contributed by atoms with Crippen molar-refractivity contribution in [1.29, 1.82) is 5.26 Å². The summed E-state index contributed by atoms with van der Waals surface area (Å²) in [5, 5.41) is 18.3. The molecule has 0 bridgehead atoms. The van der Waals surface area contributed by atoms with Crippen LogP contribution >= 0.6 is 15.9 Å². The van der Waals surface area contributed by atoms with Gasteiger partial charge in [0.1, 0.15) is 17.6 Å². The van der Waals surface area contributed by atoms with E-state index in [2.05, 4.69) is 32.2 Å². The second-order valence-corrected chi connectivity index (χ2v) is 8.62. The number of carbonyl (C=O) groups is 1. The number of carbonyl (C=O) groups excluding carboxylic acids is 1. The lowest BCUT2D eigenvalue weighted by Crippen LogP contribution is -2.18. The average Bonchev–Trinajstić information content (AvgIpc) is 3.09. The fraction of sp³-hybridized carbons (Fsp3) is 0.280. The zero-order valence-corrected chi connectivity index (χ0v) is 20.2. The van der Waals surface area contributed by atoms with Crippen LogP contribution in [0.2, 0.25) is 0 Å². The van der Waals surface area contributed by atoms with Crippen molar-refractivity contribution in [3.05, 3.63) is 64.1 Å².